The Kier molecular flexibility index (Phi) is 3.98. The molecule has 3 nitrogen and oxygen atoms in total. The van der Waals surface area contributed by atoms with Crippen LogP contribution in [0, 0.1) is 21.7 Å². The predicted octanol–water partition coefficient (Wildman–Crippen LogP) is 3.38. The number of carbonyl (C=O) groups is 1. The minimum Gasteiger partial charge on any atom is -0.268 e. The quantitative estimate of drug-likeness (QED) is 0.651. The van der Waals surface area contributed by atoms with Crippen molar-refractivity contribution >= 4 is 5.91 Å². The van der Waals surface area contributed by atoms with Crippen LogP contribution in [0.5, 0.6) is 0 Å². The molecule has 14 heavy (non-hydrogen) atoms. The average molecular weight is 199 g/mol. The molecule has 0 spiro atoms. The second-order valence-corrected chi connectivity index (χ2v) is 4.99. The highest BCUT2D eigenvalue weighted by atomic mass is 16.3. The number of carbonyl (C=O) groups excluding carboxylic acids is 1. The van der Waals surface area contributed by atoms with E-state index in [1.807, 2.05) is 41.5 Å². The molecule has 0 heterocycles. The minimum atomic E-state index is -0.663. The molecule has 0 aliphatic heterocycles. The van der Waals surface area contributed by atoms with Crippen molar-refractivity contribution in [2.24, 2.45) is 21.9 Å². The summed E-state index contributed by atoms with van der Waals surface area (Å²) in [6.45, 7) is 11.8. The van der Waals surface area contributed by atoms with E-state index in [4.69, 9.17) is 0 Å². The Morgan fingerprint density at radius 3 is 1.93 bits per heavy atom. The maximum absolute atomic E-state index is 11.6. The lowest BCUT2D eigenvalue weighted by molar-refractivity contribution is -0.137. The van der Waals surface area contributed by atoms with Crippen molar-refractivity contribution < 1.29 is 4.79 Å². The first-order valence-corrected chi connectivity index (χ1v) is 5.11. The zero-order chi connectivity index (χ0) is 11.6. The standard InChI is InChI=1S/C11H21NO2/c1-7-10(4,5)11(6,8(2)3)9(13)12-14/h8H,7H2,1-6H3. The van der Waals surface area contributed by atoms with Crippen molar-refractivity contribution in [2.75, 3.05) is 0 Å². The summed E-state index contributed by atoms with van der Waals surface area (Å²) < 4.78 is 0. The van der Waals surface area contributed by atoms with Crippen molar-refractivity contribution in [1.29, 1.82) is 0 Å². The van der Waals surface area contributed by atoms with Gasteiger partial charge in [0.25, 0.3) is 5.91 Å². The molecule has 0 bridgehead atoms. The predicted molar refractivity (Wildman–Crippen MR) is 57.8 cm³/mol. The Morgan fingerprint density at radius 1 is 1.29 bits per heavy atom. The largest absolute Gasteiger partial charge is 0.292 e. The normalized spacial score (nSPS) is 16.5. The Labute approximate surface area is 86.2 Å². The summed E-state index contributed by atoms with van der Waals surface area (Å²) in [5.74, 6) is -0.415. The number of nitroso groups, excluding NO2 is 1. The van der Waals surface area contributed by atoms with E-state index in [0.717, 1.165) is 6.42 Å². The summed E-state index contributed by atoms with van der Waals surface area (Å²) in [4.78, 5) is 22.0. The van der Waals surface area contributed by atoms with Crippen LogP contribution in [0.15, 0.2) is 5.18 Å². The van der Waals surface area contributed by atoms with Crippen LogP contribution in [0.4, 0.5) is 0 Å². The molecule has 82 valence electrons. The van der Waals surface area contributed by atoms with E-state index in [9.17, 15) is 9.70 Å². The van der Waals surface area contributed by atoms with Crippen molar-refractivity contribution in [3.05, 3.63) is 4.91 Å². The van der Waals surface area contributed by atoms with Crippen LogP contribution in [0.1, 0.15) is 48.0 Å². The molecule has 0 saturated heterocycles. The molecule has 0 saturated carbocycles. The molecule has 0 fully saturated rings. The zero-order valence-electron chi connectivity index (χ0n) is 10.0. The lowest BCUT2D eigenvalue weighted by atomic mass is 9.59. The SMILES string of the molecule is CCC(C)(C)C(C)(C(=O)N=O)C(C)C. The topological polar surface area (TPSA) is 46.5 Å². The minimum absolute atomic E-state index is 0.114. The fourth-order valence-corrected chi connectivity index (χ4v) is 1.78. The molecule has 1 amide bonds. The van der Waals surface area contributed by atoms with Crippen molar-refractivity contribution in [1.82, 2.24) is 0 Å². The number of hydrogen-bond donors (Lipinski definition) is 0. The summed E-state index contributed by atoms with van der Waals surface area (Å²) in [5, 5.41) is 2.61. The molecule has 0 aromatic carbocycles. The van der Waals surface area contributed by atoms with E-state index >= 15 is 0 Å². The first-order valence-electron chi connectivity index (χ1n) is 5.11. The number of rotatable bonds is 4. The Balaban J connectivity index is 5.30. The Bertz CT molecular complexity index is 233. The third kappa shape index (κ3) is 1.86. The molecular formula is C11H21NO2. The number of hydrogen-bond acceptors (Lipinski definition) is 2. The van der Waals surface area contributed by atoms with Crippen LogP contribution < -0.4 is 0 Å². The van der Waals surface area contributed by atoms with Gasteiger partial charge in [0.1, 0.15) is 0 Å². The van der Waals surface area contributed by atoms with Gasteiger partial charge < -0.3 is 0 Å². The number of amides is 1. The van der Waals surface area contributed by atoms with E-state index in [2.05, 4.69) is 5.18 Å². The first kappa shape index (κ1) is 13.3. The van der Waals surface area contributed by atoms with Crippen LogP contribution in [-0.4, -0.2) is 5.91 Å². The van der Waals surface area contributed by atoms with Crippen LogP contribution in [0.3, 0.4) is 0 Å². The fraction of sp³-hybridized carbons (Fsp3) is 0.909. The molecular weight excluding hydrogens is 178 g/mol. The van der Waals surface area contributed by atoms with Gasteiger partial charge in [0.05, 0.1) is 5.41 Å². The summed E-state index contributed by atoms with van der Waals surface area (Å²) in [5.41, 5.74) is -0.865. The van der Waals surface area contributed by atoms with E-state index < -0.39 is 11.3 Å². The summed E-state index contributed by atoms with van der Waals surface area (Å²) in [6, 6.07) is 0. The van der Waals surface area contributed by atoms with Gasteiger partial charge in [-0.2, -0.15) is 0 Å². The van der Waals surface area contributed by atoms with Crippen LogP contribution in [-0.2, 0) is 4.79 Å². The highest BCUT2D eigenvalue weighted by Crippen LogP contribution is 2.47. The molecule has 0 aliphatic carbocycles. The molecule has 0 aromatic heterocycles. The zero-order valence-corrected chi connectivity index (χ0v) is 10.0. The first-order chi connectivity index (χ1) is 6.24. The lowest BCUT2D eigenvalue weighted by Crippen LogP contribution is -2.45. The van der Waals surface area contributed by atoms with E-state index in [1.165, 1.54) is 0 Å². The average Bonchev–Trinajstić information content (AvgIpc) is 2.14. The van der Waals surface area contributed by atoms with Gasteiger partial charge >= 0.3 is 0 Å². The lowest BCUT2D eigenvalue weighted by Gasteiger charge is -2.43. The molecule has 0 aliphatic rings. The van der Waals surface area contributed by atoms with Gasteiger partial charge in [-0.05, 0) is 24.7 Å². The van der Waals surface area contributed by atoms with Crippen molar-refractivity contribution in [2.45, 2.75) is 48.0 Å². The molecule has 0 N–H and O–H groups in total. The van der Waals surface area contributed by atoms with Crippen molar-refractivity contribution in [3.8, 4) is 0 Å². The monoisotopic (exact) mass is 199 g/mol. The maximum atomic E-state index is 11.6. The molecule has 1 unspecified atom stereocenters. The molecule has 0 aromatic rings. The van der Waals surface area contributed by atoms with Gasteiger partial charge in [-0.3, -0.25) is 4.79 Å². The van der Waals surface area contributed by atoms with Gasteiger partial charge in [-0.25, -0.2) is 0 Å². The van der Waals surface area contributed by atoms with E-state index in [1.54, 1.807) is 0 Å². The summed E-state index contributed by atoms with van der Waals surface area (Å²) in [6.07, 6.45) is 0.850. The van der Waals surface area contributed by atoms with Gasteiger partial charge in [0.15, 0.2) is 0 Å². The van der Waals surface area contributed by atoms with Crippen molar-refractivity contribution in [3.63, 3.8) is 0 Å². The van der Waals surface area contributed by atoms with Gasteiger partial charge in [0, 0.05) is 5.18 Å². The van der Waals surface area contributed by atoms with Crippen LogP contribution in [0.25, 0.3) is 0 Å². The smallest absolute Gasteiger partial charge is 0.268 e. The van der Waals surface area contributed by atoms with Gasteiger partial charge in [-0.1, -0.05) is 34.6 Å². The second-order valence-electron chi connectivity index (χ2n) is 4.99. The fourth-order valence-electron chi connectivity index (χ4n) is 1.78. The molecule has 0 rings (SSSR count). The molecule has 0 radical (unpaired) electrons. The maximum Gasteiger partial charge on any atom is 0.292 e. The van der Waals surface area contributed by atoms with Crippen LogP contribution >= 0.6 is 0 Å². The second kappa shape index (κ2) is 4.20. The highest BCUT2D eigenvalue weighted by Gasteiger charge is 2.48. The Hall–Kier alpha value is -0.730. The van der Waals surface area contributed by atoms with E-state index in [-0.39, 0.29) is 11.3 Å². The third-order valence-electron chi connectivity index (χ3n) is 3.97. The molecule has 3 heteroatoms. The van der Waals surface area contributed by atoms with Gasteiger partial charge in [-0.15, -0.1) is 4.91 Å². The Morgan fingerprint density at radius 2 is 1.71 bits per heavy atom. The van der Waals surface area contributed by atoms with Crippen LogP contribution in [0.2, 0.25) is 0 Å². The van der Waals surface area contributed by atoms with Gasteiger partial charge in [0.2, 0.25) is 0 Å². The van der Waals surface area contributed by atoms with E-state index in [0.29, 0.717) is 0 Å². The summed E-state index contributed by atoms with van der Waals surface area (Å²) >= 11 is 0. The molecule has 1 atom stereocenters. The highest BCUT2D eigenvalue weighted by molar-refractivity contribution is 5.84. The third-order valence-corrected chi connectivity index (χ3v) is 3.97. The summed E-state index contributed by atoms with van der Waals surface area (Å²) in [7, 11) is 0. The number of nitrogens with zero attached hydrogens (tertiary/aromatic N) is 1.